The van der Waals surface area contributed by atoms with Crippen LogP contribution in [0.25, 0.3) is 16.9 Å². The van der Waals surface area contributed by atoms with Gasteiger partial charge in [0.25, 0.3) is 11.8 Å². The molecule has 1 atom stereocenters. The fraction of sp³-hybridized carbons (Fsp3) is 0.320. The van der Waals surface area contributed by atoms with Crippen molar-refractivity contribution in [2.24, 2.45) is 0 Å². The number of benzene rings is 1. The fourth-order valence-corrected chi connectivity index (χ4v) is 4.62. The van der Waals surface area contributed by atoms with Gasteiger partial charge in [0.1, 0.15) is 23.2 Å². The summed E-state index contributed by atoms with van der Waals surface area (Å²) in [6.07, 6.45) is 2.25. The summed E-state index contributed by atoms with van der Waals surface area (Å²) >= 11 is 0. The number of piperidine rings is 1. The molecule has 34 heavy (non-hydrogen) atoms. The summed E-state index contributed by atoms with van der Waals surface area (Å²) in [4.78, 5) is 55.9. The summed E-state index contributed by atoms with van der Waals surface area (Å²) in [5, 5.41) is 5.71. The molecule has 9 heteroatoms. The maximum atomic E-state index is 13.2. The number of pyridine rings is 1. The van der Waals surface area contributed by atoms with Crippen LogP contribution < -0.4 is 10.6 Å². The van der Waals surface area contributed by atoms with Gasteiger partial charge < -0.3 is 5.32 Å². The average Bonchev–Trinajstić information content (AvgIpc) is 3.30. The lowest BCUT2D eigenvalue weighted by molar-refractivity contribution is -0.136. The molecule has 1 aromatic carbocycles. The van der Waals surface area contributed by atoms with Crippen molar-refractivity contribution in [3.05, 3.63) is 53.2 Å². The quantitative estimate of drug-likeness (QED) is 0.433. The Hall–Kier alpha value is -4.01. The van der Waals surface area contributed by atoms with Crippen molar-refractivity contribution in [1.29, 1.82) is 0 Å². The van der Waals surface area contributed by atoms with Crippen LogP contribution in [0.15, 0.2) is 36.4 Å². The average molecular weight is 460 g/mol. The fourth-order valence-electron chi connectivity index (χ4n) is 4.62. The molecule has 174 valence electrons. The molecule has 2 aliphatic rings. The number of aromatic nitrogens is 2. The summed E-state index contributed by atoms with van der Waals surface area (Å²) in [5.41, 5.74) is 3.67. The molecule has 3 aromatic rings. The Morgan fingerprint density at radius 2 is 1.88 bits per heavy atom. The smallest absolute Gasteiger partial charge is 0.262 e. The molecule has 1 saturated heterocycles. The monoisotopic (exact) mass is 459 g/mol. The van der Waals surface area contributed by atoms with E-state index in [0.717, 1.165) is 41.4 Å². The largest absolute Gasteiger partial charge is 0.369 e. The molecule has 1 fully saturated rings. The molecule has 1 unspecified atom stereocenters. The topological polar surface area (TPSA) is 113 Å². The molecular formula is C25H25N5O4. The molecular weight excluding hydrogens is 434 g/mol. The van der Waals surface area contributed by atoms with E-state index in [1.807, 2.05) is 29.5 Å². The van der Waals surface area contributed by atoms with E-state index in [1.165, 1.54) is 0 Å². The Balaban J connectivity index is 1.55. The third kappa shape index (κ3) is 3.44. The Morgan fingerprint density at radius 1 is 1.09 bits per heavy atom. The van der Waals surface area contributed by atoms with Crippen LogP contribution in [0.4, 0.5) is 5.82 Å². The number of imidazole rings is 1. The van der Waals surface area contributed by atoms with Crippen molar-refractivity contribution < 1.29 is 19.2 Å². The molecule has 0 bridgehead atoms. The number of hydrogen-bond donors (Lipinski definition) is 2. The van der Waals surface area contributed by atoms with E-state index in [9.17, 15) is 19.2 Å². The molecule has 4 amide bonds. The lowest BCUT2D eigenvalue weighted by atomic mass is 10.0. The maximum Gasteiger partial charge on any atom is 0.262 e. The van der Waals surface area contributed by atoms with Crippen LogP contribution in [0.5, 0.6) is 0 Å². The highest BCUT2D eigenvalue weighted by Crippen LogP contribution is 2.34. The van der Waals surface area contributed by atoms with Gasteiger partial charge in [0.05, 0.1) is 11.1 Å². The van der Waals surface area contributed by atoms with Crippen LogP contribution in [0.3, 0.4) is 0 Å². The van der Waals surface area contributed by atoms with Crippen LogP contribution in [-0.4, -0.2) is 50.5 Å². The highest BCUT2D eigenvalue weighted by Gasteiger charge is 2.44. The highest BCUT2D eigenvalue weighted by molar-refractivity contribution is 6.23. The molecule has 0 aliphatic carbocycles. The van der Waals surface area contributed by atoms with Gasteiger partial charge in [0.2, 0.25) is 11.8 Å². The predicted octanol–water partition coefficient (Wildman–Crippen LogP) is 2.92. The van der Waals surface area contributed by atoms with Crippen LogP contribution in [-0.2, 0) is 9.59 Å². The van der Waals surface area contributed by atoms with E-state index in [-0.39, 0.29) is 24.0 Å². The second-order valence-electron chi connectivity index (χ2n) is 8.66. The summed E-state index contributed by atoms with van der Waals surface area (Å²) < 4.78 is 2.04. The Kier molecular flexibility index (Phi) is 5.39. The van der Waals surface area contributed by atoms with E-state index in [1.54, 1.807) is 18.2 Å². The summed E-state index contributed by atoms with van der Waals surface area (Å²) in [7, 11) is 0. The molecule has 2 N–H and O–H groups in total. The van der Waals surface area contributed by atoms with Gasteiger partial charge >= 0.3 is 0 Å². The van der Waals surface area contributed by atoms with Crippen molar-refractivity contribution in [3.8, 4) is 11.3 Å². The number of carbonyl (C=O) groups is 4. The van der Waals surface area contributed by atoms with Gasteiger partial charge in [-0.05, 0) is 44.0 Å². The van der Waals surface area contributed by atoms with Gasteiger partial charge in [0.15, 0.2) is 0 Å². The van der Waals surface area contributed by atoms with Gasteiger partial charge in [0, 0.05) is 24.2 Å². The van der Waals surface area contributed by atoms with Crippen molar-refractivity contribution in [1.82, 2.24) is 19.6 Å². The van der Waals surface area contributed by atoms with Crippen molar-refractivity contribution >= 4 is 35.1 Å². The number of imide groups is 2. The molecule has 0 spiro atoms. The van der Waals surface area contributed by atoms with Gasteiger partial charge in [-0.1, -0.05) is 25.5 Å². The molecule has 5 rings (SSSR count). The number of unbranched alkanes of at least 4 members (excludes halogenated alkanes) is 1. The number of aryl methyl sites for hydroxylation is 1. The SMILES string of the molecule is CCCCNc1c(-c2ccc3c(c2)C(=O)N(C2CCC(=O)NC2=O)C3=O)nc2cccc(C)n12. The van der Waals surface area contributed by atoms with Crippen LogP contribution >= 0.6 is 0 Å². The van der Waals surface area contributed by atoms with Crippen molar-refractivity contribution in [3.63, 3.8) is 0 Å². The second-order valence-corrected chi connectivity index (χ2v) is 8.66. The van der Waals surface area contributed by atoms with E-state index in [4.69, 9.17) is 4.98 Å². The molecule has 0 radical (unpaired) electrons. The van der Waals surface area contributed by atoms with Crippen LogP contribution in [0, 0.1) is 6.92 Å². The summed E-state index contributed by atoms with van der Waals surface area (Å²) in [6.45, 7) is 4.91. The lowest BCUT2D eigenvalue weighted by Gasteiger charge is -2.27. The second kappa shape index (κ2) is 8.40. The number of carbonyl (C=O) groups excluding carboxylic acids is 4. The molecule has 9 nitrogen and oxygen atoms in total. The standard InChI is InChI=1S/C25H25N5O4/c1-3-4-12-26-22-21(27-19-7-5-6-14(2)29(19)22)15-8-9-16-17(13-15)25(34)30(24(16)33)18-10-11-20(31)28-23(18)32/h5-9,13,18,26H,3-4,10-12H2,1-2H3,(H,28,31,32). The van der Waals surface area contributed by atoms with Crippen molar-refractivity contribution in [2.75, 3.05) is 11.9 Å². The zero-order valence-electron chi connectivity index (χ0n) is 19.1. The number of nitrogens with zero attached hydrogens (tertiary/aromatic N) is 3. The normalized spacial score (nSPS) is 17.9. The van der Waals surface area contributed by atoms with E-state index >= 15 is 0 Å². The molecule has 0 saturated carbocycles. The minimum atomic E-state index is -0.988. The van der Waals surface area contributed by atoms with Gasteiger partial charge in [-0.25, -0.2) is 4.98 Å². The summed E-state index contributed by atoms with van der Waals surface area (Å²) in [5.74, 6) is -1.24. The maximum absolute atomic E-state index is 13.2. The Bertz CT molecular complexity index is 1360. The molecule has 2 aromatic heterocycles. The zero-order chi connectivity index (χ0) is 24.0. The number of amides is 4. The minimum Gasteiger partial charge on any atom is -0.369 e. The number of fused-ring (bicyclic) bond motifs is 2. The molecule has 2 aliphatic heterocycles. The van der Waals surface area contributed by atoms with E-state index in [0.29, 0.717) is 11.3 Å². The Morgan fingerprint density at radius 3 is 2.65 bits per heavy atom. The first-order chi connectivity index (χ1) is 16.4. The van der Waals surface area contributed by atoms with Crippen molar-refractivity contribution in [2.45, 2.75) is 45.6 Å². The first kappa shape index (κ1) is 21.8. The number of rotatable bonds is 6. The van der Waals surface area contributed by atoms with E-state index in [2.05, 4.69) is 17.6 Å². The highest BCUT2D eigenvalue weighted by atomic mass is 16.2. The zero-order valence-corrected chi connectivity index (χ0v) is 19.1. The first-order valence-electron chi connectivity index (χ1n) is 11.5. The van der Waals surface area contributed by atoms with Gasteiger partial charge in [-0.15, -0.1) is 0 Å². The van der Waals surface area contributed by atoms with Crippen LogP contribution in [0.2, 0.25) is 0 Å². The summed E-state index contributed by atoms with van der Waals surface area (Å²) in [6, 6.07) is 9.95. The van der Waals surface area contributed by atoms with Gasteiger partial charge in [-0.3, -0.25) is 33.8 Å². The first-order valence-corrected chi connectivity index (χ1v) is 11.5. The number of nitrogens with one attached hydrogen (secondary N) is 2. The third-order valence-corrected chi connectivity index (χ3v) is 6.37. The third-order valence-electron chi connectivity index (χ3n) is 6.37. The molecule has 4 heterocycles. The predicted molar refractivity (Wildman–Crippen MR) is 125 cm³/mol. The minimum absolute atomic E-state index is 0.0858. The number of hydrogen-bond acceptors (Lipinski definition) is 6. The number of anilines is 1. The van der Waals surface area contributed by atoms with E-state index < -0.39 is 29.7 Å². The lowest BCUT2D eigenvalue weighted by Crippen LogP contribution is -2.54. The van der Waals surface area contributed by atoms with Crippen LogP contribution in [0.1, 0.15) is 59.0 Å². The Labute approximate surface area is 196 Å². The van der Waals surface area contributed by atoms with Gasteiger partial charge in [-0.2, -0.15) is 0 Å².